The van der Waals surface area contributed by atoms with Crippen molar-refractivity contribution < 1.29 is 13.2 Å². The van der Waals surface area contributed by atoms with Crippen LogP contribution in [0.2, 0.25) is 0 Å². The van der Waals surface area contributed by atoms with Crippen LogP contribution >= 0.6 is 0 Å². The largest absolute Gasteiger partial charge is 0.416 e. The maximum atomic E-state index is 13.6. The molecule has 5 rings (SSSR count). The lowest BCUT2D eigenvalue weighted by molar-refractivity contribution is -0.137. The van der Waals surface area contributed by atoms with E-state index in [9.17, 15) is 13.2 Å². The highest BCUT2D eigenvalue weighted by Crippen LogP contribution is 2.33. The zero-order valence-corrected chi connectivity index (χ0v) is 22.1. The number of nitrogens with zero attached hydrogens (tertiary/aromatic N) is 9. The van der Waals surface area contributed by atoms with E-state index in [1.54, 1.807) is 30.9 Å². The van der Waals surface area contributed by atoms with Gasteiger partial charge in [-0.25, -0.2) is 4.98 Å². The van der Waals surface area contributed by atoms with E-state index < -0.39 is 11.7 Å². The van der Waals surface area contributed by atoms with E-state index in [1.165, 1.54) is 30.1 Å². The Morgan fingerprint density at radius 1 is 1.05 bits per heavy atom. The predicted octanol–water partition coefficient (Wildman–Crippen LogP) is 4.65. The van der Waals surface area contributed by atoms with Gasteiger partial charge in [-0.2, -0.15) is 23.1 Å². The van der Waals surface area contributed by atoms with Crippen molar-refractivity contribution in [1.29, 1.82) is 0 Å². The molecule has 0 atom stereocenters. The Morgan fingerprint density at radius 2 is 1.84 bits per heavy atom. The second kappa shape index (κ2) is 10.2. The van der Waals surface area contributed by atoms with Crippen LogP contribution in [0.25, 0.3) is 11.0 Å². The van der Waals surface area contributed by atoms with Gasteiger partial charge in [-0.05, 0) is 61.6 Å². The van der Waals surface area contributed by atoms with Crippen molar-refractivity contribution in [2.45, 2.75) is 52.4 Å². The van der Waals surface area contributed by atoms with Gasteiger partial charge >= 0.3 is 6.18 Å². The third kappa shape index (κ3) is 5.44. The second-order valence-corrected chi connectivity index (χ2v) is 10.1. The summed E-state index contributed by atoms with van der Waals surface area (Å²) >= 11 is 0. The van der Waals surface area contributed by atoms with Crippen molar-refractivity contribution in [3.8, 4) is 0 Å². The van der Waals surface area contributed by atoms with Crippen LogP contribution in [0.3, 0.4) is 0 Å². The molecular formula is C26H32F3N9. The molecule has 38 heavy (non-hydrogen) atoms. The van der Waals surface area contributed by atoms with Crippen molar-refractivity contribution in [1.82, 2.24) is 35.0 Å². The first kappa shape index (κ1) is 25.9. The molecule has 9 nitrogen and oxygen atoms in total. The van der Waals surface area contributed by atoms with Crippen molar-refractivity contribution in [2.24, 2.45) is 20.0 Å². The van der Waals surface area contributed by atoms with Crippen molar-refractivity contribution >= 4 is 22.8 Å². The van der Waals surface area contributed by atoms with Crippen LogP contribution in [-0.2, 0) is 33.4 Å². The minimum atomic E-state index is -4.43. The standard InChI is InChI=1S/C26H32F3N9/c1-5-37(14-18-7-6-8-18)24-21(12-20-13-30-35(3)23(20)31-24)16-38(25-32-34-36(4)33-25)15-19-9-17(2)10-22(11-19)26(27,28)29/h9-13,18H,5-8,14-16H2,1-4H3. The molecule has 3 aromatic heterocycles. The third-order valence-electron chi connectivity index (χ3n) is 7.13. The quantitative estimate of drug-likeness (QED) is 0.313. The number of aromatic nitrogens is 7. The van der Waals surface area contributed by atoms with Crippen molar-refractivity contribution in [2.75, 3.05) is 22.9 Å². The Labute approximate surface area is 219 Å². The molecule has 0 N–H and O–H groups in total. The maximum absolute atomic E-state index is 13.6. The summed E-state index contributed by atoms with van der Waals surface area (Å²) in [5, 5.41) is 17.8. The predicted molar refractivity (Wildman–Crippen MR) is 139 cm³/mol. The van der Waals surface area contributed by atoms with E-state index in [1.807, 2.05) is 11.9 Å². The van der Waals surface area contributed by atoms with Crippen molar-refractivity contribution in [3.63, 3.8) is 0 Å². The third-order valence-corrected chi connectivity index (χ3v) is 7.13. The van der Waals surface area contributed by atoms with Crippen LogP contribution in [-0.4, -0.2) is 48.1 Å². The van der Waals surface area contributed by atoms with Gasteiger partial charge < -0.3 is 9.80 Å². The molecule has 202 valence electrons. The number of halogens is 3. The molecule has 3 heterocycles. The van der Waals surface area contributed by atoms with Gasteiger partial charge in [-0.1, -0.05) is 23.1 Å². The topological polar surface area (TPSA) is 80.8 Å². The summed E-state index contributed by atoms with van der Waals surface area (Å²) in [6, 6.07) is 6.17. The van der Waals surface area contributed by atoms with Crippen LogP contribution in [0.4, 0.5) is 24.9 Å². The summed E-state index contributed by atoms with van der Waals surface area (Å²) in [6.07, 6.45) is 1.03. The summed E-state index contributed by atoms with van der Waals surface area (Å²) in [7, 11) is 3.53. The minimum absolute atomic E-state index is 0.176. The summed E-state index contributed by atoms with van der Waals surface area (Å²) < 4.78 is 42.4. The van der Waals surface area contributed by atoms with Gasteiger partial charge in [0.25, 0.3) is 5.95 Å². The Balaban J connectivity index is 1.55. The fourth-order valence-electron chi connectivity index (χ4n) is 5.00. The first-order valence-electron chi connectivity index (χ1n) is 12.8. The number of hydrogen-bond donors (Lipinski definition) is 0. The highest BCUT2D eigenvalue weighted by molar-refractivity contribution is 5.78. The van der Waals surface area contributed by atoms with Crippen LogP contribution in [0.5, 0.6) is 0 Å². The van der Waals surface area contributed by atoms with E-state index in [4.69, 9.17) is 4.98 Å². The van der Waals surface area contributed by atoms with E-state index in [0.29, 0.717) is 29.5 Å². The fourth-order valence-corrected chi connectivity index (χ4v) is 5.00. The lowest BCUT2D eigenvalue weighted by Gasteiger charge is -2.34. The number of rotatable bonds is 9. The molecule has 0 amide bonds. The molecule has 12 heteroatoms. The lowest BCUT2D eigenvalue weighted by atomic mass is 9.85. The summed E-state index contributed by atoms with van der Waals surface area (Å²) in [4.78, 5) is 10.5. The summed E-state index contributed by atoms with van der Waals surface area (Å²) in [5.41, 5.74) is 2.11. The molecule has 0 saturated heterocycles. The van der Waals surface area contributed by atoms with Crippen LogP contribution < -0.4 is 9.80 Å². The van der Waals surface area contributed by atoms with E-state index in [0.717, 1.165) is 41.6 Å². The first-order valence-corrected chi connectivity index (χ1v) is 12.8. The number of anilines is 2. The molecule has 1 saturated carbocycles. The van der Waals surface area contributed by atoms with Gasteiger partial charge in [-0.15, -0.1) is 5.10 Å². The molecule has 1 aromatic carbocycles. The number of aryl methyl sites for hydroxylation is 3. The van der Waals surface area contributed by atoms with Crippen LogP contribution in [0.15, 0.2) is 30.5 Å². The minimum Gasteiger partial charge on any atom is -0.356 e. The van der Waals surface area contributed by atoms with E-state index >= 15 is 0 Å². The number of tetrazole rings is 1. The van der Waals surface area contributed by atoms with E-state index in [2.05, 4.69) is 38.4 Å². The summed E-state index contributed by atoms with van der Waals surface area (Å²) in [6.45, 7) is 6.00. The zero-order chi connectivity index (χ0) is 27.0. The van der Waals surface area contributed by atoms with Gasteiger partial charge in [0, 0.05) is 44.2 Å². The number of hydrogen-bond acceptors (Lipinski definition) is 7. The Kier molecular flexibility index (Phi) is 6.97. The number of fused-ring (bicyclic) bond motifs is 1. The van der Waals surface area contributed by atoms with Gasteiger partial charge in [0.15, 0.2) is 5.65 Å². The molecule has 1 aliphatic carbocycles. The molecule has 0 radical (unpaired) electrons. The molecular weight excluding hydrogens is 495 g/mol. The normalized spacial score (nSPS) is 14.2. The lowest BCUT2D eigenvalue weighted by Crippen LogP contribution is -2.34. The molecule has 0 spiro atoms. The average Bonchev–Trinajstić information content (AvgIpc) is 3.42. The number of pyridine rings is 1. The Morgan fingerprint density at radius 3 is 2.47 bits per heavy atom. The van der Waals surface area contributed by atoms with Crippen LogP contribution in [0.1, 0.15) is 48.4 Å². The highest BCUT2D eigenvalue weighted by Gasteiger charge is 2.31. The number of benzene rings is 1. The van der Waals surface area contributed by atoms with Gasteiger partial charge in [0.1, 0.15) is 5.82 Å². The monoisotopic (exact) mass is 527 g/mol. The second-order valence-electron chi connectivity index (χ2n) is 10.1. The van der Waals surface area contributed by atoms with Gasteiger partial charge in [0.05, 0.1) is 18.8 Å². The highest BCUT2D eigenvalue weighted by atomic mass is 19.4. The number of alkyl halides is 3. The Hall–Kier alpha value is -3.70. The molecule has 4 aromatic rings. The molecule has 0 aliphatic heterocycles. The fraction of sp³-hybridized carbons (Fsp3) is 0.500. The smallest absolute Gasteiger partial charge is 0.356 e. The van der Waals surface area contributed by atoms with Gasteiger partial charge in [-0.3, -0.25) is 4.68 Å². The SMILES string of the molecule is CCN(CC1CCC1)c1nc2c(cnn2C)cc1CN(Cc1cc(C)cc(C(F)(F)F)c1)c1nnn(C)n1. The zero-order valence-electron chi connectivity index (χ0n) is 22.1. The molecule has 0 unspecified atom stereocenters. The summed E-state index contributed by atoms with van der Waals surface area (Å²) in [5.74, 6) is 1.82. The average molecular weight is 528 g/mol. The van der Waals surface area contributed by atoms with E-state index in [-0.39, 0.29) is 6.54 Å². The van der Waals surface area contributed by atoms with Crippen molar-refractivity contribution in [3.05, 3.63) is 52.7 Å². The Bertz CT molecular complexity index is 1420. The van der Waals surface area contributed by atoms with Gasteiger partial charge in [0.2, 0.25) is 0 Å². The molecule has 1 fully saturated rings. The first-order chi connectivity index (χ1) is 18.1. The molecule has 0 bridgehead atoms. The van der Waals surface area contributed by atoms with Crippen LogP contribution in [0, 0.1) is 12.8 Å². The maximum Gasteiger partial charge on any atom is 0.416 e. The molecule has 1 aliphatic rings.